The SMILES string of the molecule is c1cncc(-c2noc([C@@H]3CCN(Cc4cccc5cccnc45)C3)n2)c1. The average molecular weight is 357 g/mol. The first-order valence-electron chi connectivity index (χ1n) is 9.16. The lowest BCUT2D eigenvalue weighted by molar-refractivity contribution is 0.310. The molecule has 3 aromatic heterocycles. The highest BCUT2D eigenvalue weighted by molar-refractivity contribution is 5.81. The fraction of sp³-hybridized carbons (Fsp3) is 0.238. The Labute approximate surface area is 156 Å². The Morgan fingerprint density at radius 1 is 1.07 bits per heavy atom. The summed E-state index contributed by atoms with van der Waals surface area (Å²) in [6.45, 7) is 2.81. The molecule has 0 radical (unpaired) electrons. The summed E-state index contributed by atoms with van der Waals surface area (Å²) in [7, 11) is 0. The van der Waals surface area contributed by atoms with E-state index in [4.69, 9.17) is 4.52 Å². The number of para-hydroxylation sites is 1. The second kappa shape index (κ2) is 6.89. The summed E-state index contributed by atoms with van der Waals surface area (Å²) in [5.74, 6) is 1.59. The van der Waals surface area contributed by atoms with Crippen LogP contribution in [-0.4, -0.2) is 38.1 Å². The minimum atomic E-state index is 0.269. The lowest BCUT2D eigenvalue weighted by Gasteiger charge is -2.16. The fourth-order valence-electron chi connectivity index (χ4n) is 3.73. The minimum absolute atomic E-state index is 0.269. The molecule has 6 nitrogen and oxygen atoms in total. The number of hydrogen-bond donors (Lipinski definition) is 0. The number of likely N-dealkylation sites (tertiary alicyclic amines) is 1. The van der Waals surface area contributed by atoms with Crippen LogP contribution in [0.15, 0.2) is 65.6 Å². The quantitative estimate of drug-likeness (QED) is 0.555. The molecule has 0 spiro atoms. The summed E-state index contributed by atoms with van der Waals surface area (Å²) in [6, 6.07) is 14.3. The molecule has 1 fully saturated rings. The molecule has 4 heterocycles. The Balaban J connectivity index is 1.31. The molecule has 5 rings (SSSR count). The van der Waals surface area contributed by atoms with Gasteiger partial charge in [0.1, 0.15) is 0 Å². The fourth-order valence-corrected chi connectivity index (χ4v) is 3.73. The van der Waals surface area contributed by atoms with E-state index in [0.29, 0.717) is 11.7 Å². The van der Waals surface area contributed by atoms with Crippen LogP contribution in [0.5, 0.6) is 0 Å². The summed E-state index contributed by atoms with van der Waals surface area (Å²) in [5, 5.41) is 5.31. The molecule has 27 heavy (non-hydrogen) atoms. The van der Waals surface area contributed by atoms with Crippen LogP contribution >= 0.6 is 0 Å². The van der Waals surface area contributed by atoms with E-state index in [9.17, 15) is 0 Å². The van der Waals surface area contributed by atoms with Gasteiger partial charge in [-0.25, -0.2) is 0 Å². The van der Waals surface area contributed by atoms with Gasteiger partial charge in [-0.1, -0.05) is 29.4 Å². The van der Waals surface area contributed by atoms with Crippen molar-refractivity contribution in [3.05, 3.63) is 72.5 Å². The van der Waals surface area contributed by atoms with Crippen molar-refractivity contribution < 1.29 is 4.52 Å². The molecule has 1 atom stereocenters. The van der Waals surface area contributed by atoms with Crippen molar-refractivity contribution in [2.45, 2.75) is 18.9 Å². The predicted octanol–water partition coefficient (Wildman–Crippen LogP) is 3.67. The molecule has 0 unspecified atom stereocenters. The van der Waals surface area contributed by atoms with Crippen molar-refractivity contribution in [1.29, 1.82) is 0 Å². The first-order valence-corrected chi connectivity index (χ1v) is 9.16. The van der Waals surface area contributed by atoms with Gasteiger partial charge in [-0.05, 0) is 36.7 Å². The molecule has 134 valence electrons. The standard InChI is InChI=1S/C21H19N5O/c1-4-15-6-3-10-23-19(15)17(5-1)13-26-11-8-18(14-26)21-24-20(25-27-21)16-7-2-9-22-12-16/h1-7,9-10,12,18H,8,11,13-14H2/t18-/m1/s1. The van der Waals surface area contributed by atoms with Crippen LogP contribution in [0.4, 0.5) is 0 Å². The molecule has 0 aliphatic carbocycles. The summed E-state index contributed by atoms with van der Waals surface area (Å²) >= 11 is 0. The predicted molar refractivity (Wildman–Crippen MR) is 102 cm³/mol. The average Bonchev–Trinajstić information content (AvgIpc) is 3.39. The second-order valence-corrected chi connectivity index (χ2v) is 6.91. The zero-order chi connectivity index (χ0) is 18.1. The highest BCUT2D eigenvalue weighted by atomic mass is 16.5. The largest absolute Gasteiger partial charge is 0.339 e. The molecule has 1 aliphatic rings. The maximum absolute atomic E-state index is 5.54. The molecule has 6 heteroatoms. The van der Waals surface area contributed by atoms with Gasteiger partial charge in [0.15, 0.2) is 0 Å². The smallest absolute Gasteiger partial charge is 0.231 e. The van der Waals surface area contributed by atoms with Crippen LogP contribution in [0, 0.1) is 0 Å². The highest BCUT2D eigenvalue weighted by Crippen LogP contribution is 2.29. The van der Waals surface area contributed by atoms with Gasteiger partial charge in [-0.3, -0.25) is 14.9 Å². The van der Waals surface area contributed by atoms with E-state index in [-0.39, 0.29) is 5.92 Å². The van der Waals surface area contributed by atoms with Crippen LogP contribution < -0.4 is 0 Å². The Morgan fingerprint density at radius 2 is 2.00 bits per heavy atom. The van der Waals surface area contributed by atoms with Crippen LogP contribution in [0.25, 0.3) is 22.3 Å². The maximum atomic E-state index is 5.54. The van der Waals surface area contributed by atoms with E-state index in [0.717, 1.165) is 37.1 Å². The van der Waals surface area contributed by atoms with Gasteiger partial charge in [0, 0.05) is 42.6 Å². The van der Waals surface area contributed by atoms with Crippen molar-refractivity contribution in [3.8, 4) is 11.4 Å². The number of hydrogen-bond acceptors (Lipinski definition) is 6. The van der Waals surface area contributed by atoms with Crippen molar-refractivity contribution in [1.82, 2.24) is 25.0 Å². The molecule has 4 aromatic rings. The van der Waals surface area contributed by atoms with E-state index >= 15 is 0 Å². The van der Waals surface area contributed by atoms with E-state index < -0.39 is 0 Å². The number of fused-ring (bicyclic) bond motifs is 1. The molecule has 0 bridgehead atoms. The van der Waals surface area contributed by atoms with Gasteiger partial charge in [0.05, 0.1) is 11.4 Å². The molecule has 1 aliphatic heterocycles. The van der Waals surface area contributed by atoms with E-state index in [1.807, 2.05) is 24.4 Å². The second-order valence-electron chi connectivity index (χ2n) is 6.91. The highest BCUT2D eigenvalue weighted by Gasteiger charge is 2.28. The summed E-state index contributed by atoms with van der Waals surface area (Å²) < 4.78 is 5.54. The van der Waals surface area contributed by atoms with Crippen LogP contribution in [0.2, 0.25) is 0 Å². The first kappa shape index (κ1) is 16.1. The van der Waals surface area contributed by atoms with Gasteiger partial charge >= 0.3 is 0 Å². The van der Waals surface area contributed by atoms with Crippen molar-refractivity contribution in [3.63, 3.8) is 0 Å². The van der Waals surface area contributed by atoms with Crippen molar-refractivity contribution in [2.24, 2.45) is 0 Å². The lowest BCUT2D eigenvalue weighted by Crippen LogP contribution is -2.20. The van der Waals surface area contributed by atoms with Crippen LogP contribution in [-0.2, 0) is 6.54 Å². The van der Waals surface area contributed by atoms with Gasteiger partial charge < -0.3 is 4.52 Å². The first-order chi connectivity index (χ1) is 13.4. The van der Waals surface area contributed by atoms with Crippen molar-refractivity contribution in [2.75, 3.05) is 13.1 Å². The molecule has 0 amide bonds. The van der Waals surface area contributed by atoms with Crippen molar-refractivity contribution >= 4 is 10.9 Å². The van der Waals surface area contributed by atoms with Crippen LogP contribution in [0.3, 0.4) is 0 Å². The third-order valence-electron chi connectivity index (χ3n) is 5.09. The number of benzene rings is 1. The molecule has 0 saturated carbocycles. The Morgan fingerprint density at radius 3 is 2.93 bits per heavy atom. The normalized spacial score (nSPS) is 17.6. The number of nitrogens with zero attached hydrogens (tertiary/aromatic N) is 5. The molecule has 1 saturated heterocycles. The van der Waals surface area contributed by atoms with Gasteiger partial charge in [-0.15, -0.1) is 0 Å². The third kappa shape index (κ3) is 3.19. The zero-order valence-electron chi connectivity index (χ0n) is 14.8. The molecular weight excluding hydrogens is 338 g/mol. The Bertz CT molecular complexity index is 1060. The number of rotatable bonds is 4. The monoisotopic (exact) mass is 357 g/mol. The number of aromatic nitrogens is 4. The molecular formula is C21H19N5O. The summed E-state index contributed by atoms with van der Waals surface area (Å²) in [5.41, 5.74) is 3.22. The minimum Gasteiger partial charge on any atom is -0.339 e. The van der Waals surface area contributed by atoms with E-state index in [2.05, 4.69) is 49.3 Å². The maximum Gasteiger partial charge on any atom is 0.231 e. The van der Waals surface area contributed by atoms with E-state index in [1.165, 1.54) is 10.9 Å². The molecule has 1 aromatic carbocycles. The van der Waals surface area contributed by atoms with Crippen LogP contribution in [0.1, 0.15) is 23.8 Å². The van der Waals surface area contributed by atoms with Gasteiger partial charge in [-0.2, -0.15) is 4.98 Å². The van der Waals surface area contributed by atoms with Gasteiger partial charge in [0.25, 0.3) is 0 Å². The molecule has 0 N–H and O–H groups in total. The summed E-state index contributed by atoms with van der Waals surface area (Å²) in [6.07, 6.45) is 6.37. The zero-order valence-corrected chi connectivity index (χ0v) is 14.8. The van der Waals surface area contributed by atoms with E-state index in [1.54, 1.807) is 12.4 Å². The third-order valence-corrected chi connectivity index (χ3v) is 5.09. The lowest BCUT2D eigenvalue weighted by atomic mass is 10.1. The Kier molecular flexibility index (Phi) is 4.10. The Hall–Kier alpha value is -3.12. The topological polar surface area (TPSA) is 67.9 Å². The van der Waals surface area contributed by atoms with Gasteiger partial charge in [0.2, 0.25) is 11.7 Å². The number of pyridine rings is 2. The summed E-state index contributed by atoms with van der Waals surface area (Å²) in [4.78, 5) is 15.7.